The summed E-state index contributed by atoms with van der Waals surface area (Å²) in [7, 11) is -3.82. The van der Waals surface area contributed by atoms with Gasteiger partial charge in [-0.15, -0.1) is 0 Å². The zero-order valence-electron chi connectivity index (χ0n) is 6.70. The summed E-state index contributed by atoms with van der Waals surface area (Å²) >= 11 is 1.83. The monoisotopic (exact) mass is 294 g/mol. The minimum Gasteiger partial charge on any atom is -0.302 e. The predicted octanol–water partition coefficient (Wildman–Crippen LogP) is 2.31. The van der Waals surface area contributed by atoms with Crippen molar-refractivity contribution >= 4 is 30.4 Å². The molecule has 6 heteroatoms. The van der Waals surface area contributed by atoms with Crippen molar-refractivity contribution in [2.75, 3.05) is 4.61 Å². The Morgan fingerprint density at radius 3 is 2.27 bits per heavy atom. The lowest BCUT2D eigenvalue weighted by molar-refractivity contribution is 0.0704. The Morgan fingerprint density at radius 2 is 2.00 bits per heavy atom. The molecule has 0 radical (unpaired) electrons. The van der Waals surface area contributed by atoms with Gasteiger partial charge in [0.15, 0.2) is 0 Å². The number of hydrogen-bond acceptors (Lipinski definition) is 3. The van der Waals surface area contributed by atoms with Crippen molar-refractivity contribution in [1.82, 2.24) is 0 Å². The number of halogens is 1. The lowest BCUT2D eigenvalue weighted by Gasteiger charge is -2.21. The zero-order valence-corrected chi connectivity index (χ0v) is 9.76. The molecular weight excluding hydrogens is 282 g/mol. The highest BCUT2D eigenvalue weighted by molar-refractivity contribution is 14.1. The van der Waals surface area contributed by atoms with E-state index in [1.807, 2.05) is 22.6 Å². The lowest BCUT2D eigenvalue weighted by atomic mass is 10.2. The summed E-state index contributed by atoms with van der Waals surface area (Å²) in [5, 5.41) is 0. The van der Waals surface area contributed by atoms with Crippen molar-refractivity contribution in [3.05, 3.63) is 0 Å². The summed E-state index contributed by atoms with van der Waals surface area (Å²) in [5.74, 6) is 0. The van der Waals surface area contributed by atoms with Crippen LogP contribution in [0.1, 0.15) is 20.8 Å². The van der Waals surface area contributed by atoms with Crippen molar-refractivity contribution in [3.8, 4) is 0 Å². The van der Waals surface area contributed by atoms with E-state index in [4.69, 9.17) is 9.42 Å². The molecule has 0 aliphatic heterocycles. The fraction of sp³-hybridized carbons (Fsp3) is 1.00. The first-order valence-corrected chi connectivity index (χ1v) is 6.03. The Bertz CT molecular complexity index is 164. The molecule has 11 heavy (non-hydrogen) atoms. The molecule has 0 rings (SSSR count). The molecule has 0 aromatic rings. The van der Waals surface area contributed by atoms with Crippen LogP contribution in [0.5, 0.6) is 0 Å². The largest absolute Gasteiger partial charge is 0.473 e. The van der Waals surface area contributed by atoms with Gasteiger partial charge in [0.05, 0.1) is 5.60 Å². The molecule has 0 amide bonds. The van der Waals surface area contributed by atoms with Gasteiger partial charge in [0, 0.05) is 0 Å². The first kappa shape index (κ1) is 11.8. The molecule has 4 nitrogen and oxygen atoms in total. The molecular formula is C5H12IO4P. The highest BCUT2D eigenvalue weighted by atomic mass is 127. The lowest BCUT2D eigenvalue weighted by Crippen LogP contribution is -2.17. The molecule has 0 aromatic carbocycles. The molecule has 0 saturated carbocycles. The number of phosphoric acid groups is 1. The van der Waals surface area contributed by atoms with E-state index in [0.717, 1.165) is 0 Å². The number of rotatable bonds is 3. The minimum absolute atomic E-state index is 0.140. The normalized spacial score (nSPS) is 17.9. The average Bonchev–Trinajstić information content (AvgIpc) is 1.55. The van der Waals surface area contributed by atoms with Crippen LogP contribution in [-0.2, 0) is 13.6 Å². The summed E-state index contributed by atoms with van der Waals surface area (Å²) < 4.78 is 20.3. The van der Waals surface area contributed by atoms with Gasteiger partial charge < -0.3 is 4.89 Å². The van der Waals surface area contributed by atoms with Gasteiger partial charge in [-0.1, -0.05) is 22.6 Å². The highest BCUT2D eigenvalue weighted by Crippen LogP contribution is 2.47. The molecule has 68 valence electrons. The van der Waals surface area contributed by atoms with Crippen LogP contribution >= 0.6 is 30.4 Å². The van der Waals surface area contributed by atoms with Gasteiger partial charge in [0.1, 0.15) is 4.61 Å². The summed E-state index contributed by atoms with van der Waals surface area (Å²) in [6.07, 6.45) is 0. The van der Waals surface area contributed by atoms with Crippen molar-refractivity contribution in [2.45, 2.75) is 26.4 Å². The Labute approximate surface area is 80.0 Å². The van der Waals surface area contributed by atoms with Crippen molar-refractivity contribution in [2.24, 2.45) is 0 Å². The van der Waals surface area contributed by atoms with E-state index in [2.05, 4.69) is 4.52 Å². The van der Waals surface area contributed by atoms with Gasteiger partial charge in [0.2, 0.25) is 0 Å². The molecule has 0 spiro atoms. The molecule has 0 heterocycles. The van der Waals surface area contributed by atoms with Crippen LogP contribution in [0.2, 0.25) is 0 Å². The van der Waals surface area contributed by atoms with Gasteiger partial charge in [-0.2, -0.15) is 0 Å². The topological polar surface area (TPSA) is 55.8 Å². The highest BCUT2D eigenvalue weighted by Gasteiger charge is 2.27. The molecule has 0 fully saturated rings. The third kappa shape index (κ3) is 7.21. The average molecular weight is 294 g/mol. The van der Waals surface area contributed by atoms with Gasteiger partial charge in [-0.3, -0.25) is 9.05 Å². The maximum Gasteiger partial charge on any atom is 0.473 e. The van der Waals surface area contributed by atoms with E-state index in [1.165, 1.54) is 0 Å². The summed E-state index contributed by atoms with van der Waals surface area (Å²) in [6.45, 7) is 5.06. The van der Waals surface area contributed by atoms with Gasteiger partial charge in [-0.25, -0.2) is 4.57 Å². The third-order valence-electron chi connectivity index (χ3n) is 0.601. The molecule has 0 aromatic heterocycles. The zero-order chi connectivity index (χ0) is 9.12. The Morgan fingerprint density at radius 1 is 1.55 bits per heavy atom. The number of phosphoric ester groups is 1. The Balaban J connectivity index is 4.03. The summed E-state index contributed by atoms with van der Waals surface area (Å²) in [6, 6.07) is 0. The van der Waals surface area contributed by atoms with Gasteiger partial charge in [-0.05, 0) is 20.8 Å². The second-order valence-electron chi connectivity index (χ2n) is 2.91. The maximum absolute atomic E-state index is 10.9. The standard InChI is InChI=1S/C5H12IO4P/c1-5(2,3)10-11(7,8)9-4-6/h4H2,1-3H3,(H,7,8). The van der Waals surface area contributed by atoms with Crippen molar-refractivity contribution in [3.63, 3.8) is 0 Å². The fourth-order valence-electron chi connectivity index (χ4n) is 0.434. The summed E-state index contributed by atoms with van der Waals surface area (Å²) in [4.78, 5) is 8.96. The van der Waals surface area contributed by atoms with E-state index >= 15 is 0 Å². The number of hydrogen-bond donors (Lipinski definition) is 1. The first-order valence-electron chi connectivity index (χ1n) is 3.01. The molecule has 1 N–H and O–H groups in total. The van der Waals surface area contributed by atoms with E-state index in [9.17, 15) is 4.57 Å². The Hall–Kier alpha value is 0.840. The van der Waals surface area contributed by atoms with Crippen LogP contribution in [0.3, 0.4) is 0 Å². The molecule has 1 atom stereocenters. The van der Waals surface area contributed by atoms with Gasteiger partial charge in [0.25, 0.3) is 0 Å². The van der Waals surface area contributed by atoms with E-state index in [-0.39, 0.29) is 4.61 Å². The molecule has 0 aliphatic rings. The maximum atomic E-state index is 10.9. The van der Waals surface area contributed by atoms with Crippen LogP contribution < -0.4 is 0 Å². The minimum atomic E-state index is -3.82. The SMILES string of the molecule is CC(C)(C)OP(=O)(O)OCI. The smallest absolute Gasteiger partial charge is 0.302 e. The summed E-state index contributed by atoms with van der Waals surface area (Å²) in [5.41, 5.74) is -0.657. The second kappa shape index (κ2) is 4.18. The molecule has 1 unspecified atom stereocenters. The van der Waals surface area contributed by atoms with Crippen LogP contribution in [-0.4, -0.2) is 15.1 Å². The molecule has 0 saturated heterocycles. The van der Waals surface area contributed by atoms with Crippen LogP contribution in [0, 0.1) is 0 Å². The fourth-order valence-corrected chi connectivity index (χ4v) is 2.36. The predicted molar refractivity (Wildman–Crippen MR) is 50.6 cm³/mol. The third-order valence-corrected chi connectivity index (χ3v) is 2.64. The van der Waals surface area contributed by atoms with Crippen molar-refractivity contribution in [1.29, 1.82) is 0 Å². The van der Waals surface area contributed by atoms with Crippen LogP contribution in [0.15, 0.2) is 0 Å². The van der Waals surface area contributed by atoms with Crippen LogP contribution in [0.4, 0.5) is 0 Å². The van der Waals surface area contributed by atoms with Crippen LogP contribution in [0.25, 0.3) is 0 Å². The molecule has 0 aliphatic carbocycles. The van der Waals surface area contributed by atoms with Gasteiger partial charge >= 0.3 is 7.82 Å². The van der Waals surface area contributed by atoms with E-state index < -0.39 is 13.4 Å². The number of alkyl halides is 1. The second-order valence-corrected chi connectivity index (χ2v) is 4.91. The Kier molecular flexibility index (Phi) is 4.50. The van der Waals surface area contributed by atoms with E-state index in [0.29, 0.717) is 0 Å². The first-order chi connectivity index (χ1) is 4.77. The van der Waals surface area contributed by atoms with E-state index in [1.54, 1.807) is 20.8 Å². The van der Waals surface area contributed by atoms with Crippen molar-refractivity contribution < 1.29 is 18.5 Å². The quantitative estimate of drug-likeness (QED) is 0.493. The molecule has 0 bridgehead atoms.